The summed E-state index contributed by atoms with van der Waals surface area (Å²) in [5, 5.41) is 19.1. The topological polar surface area (TPSA) is 66.8 Å². The number of ether oxygens (including phenoxy) is 1. The number of phenolic OH excluding ortho intramolecular Hbond substituents is 2. The molecule has 2 N–H and O–H groups in total. The molecule has 2 aromatic carbocycles. The van der Waals surface area contributed by atoms with Crippen LogP contribution in [0.25, 0.3) is 0 Å². The fourth-order valence-corrected chi connectivity index (χ4v) is 3.11. The highest BCUT2D eigenvalue weighted by molar-refractivity contribution is 5.96. The highest BCUT2D eigenvalue weighted by Gasteiger charge is 2.24. The van der Waals surface area contributed by atoms with E-state index >= 15 is 0 Å². The van der Waals surface area contributed by atoms with E-state index in [1.807, 2.05) is 64.1 Å². The molecule has 0 aliphatic heterocycles. The number of carbonyl (C=O) groups is 1. The van der Waals surface area contributed by atoms with Crippen molar-refractivity contribution in [3.8, 4) is 11.5 Å². The quantitative estimate of drug-likeness (QED) is 0.356. The molecule has 2 rings (SSSR count). The largest absolute Gasteiger partial charge is 0.508 e. The van der Waals surface area contributed by atoms with Crippen LogP contribution in [-0.2, 0) is 10.2 Å². The number of allylic oxidation sites excluding steroid dienone is 4. The van der Waals surface area contributed by atoms with Crippen LogP contribution in [0.15, 0.2) is 78.9 Å². The van der Waals surface area contributed by atoms with Gasteiger partial charge in [-0.1, -0.05) is 62.9 Å². The predicted molar refractivity (Wildman–Crippen MR) is 133 cm³/mol. The van der Waals surface area contributed by atoms with E-state index in [2.05, 4.69) is 12.7 Å². The average Bonchev–Trinajstić information content (AvgIpc) is 2.77. The predicted octanol–water partition coefficient (Wildman–Crippen LogP) is 6.73. The number of phenols is 2. The van der Waals surface area contributed by atoms with Crippen molar-refractivity contribution in [3.05, 3.63) is 95.6 Å². The SMILES string of the molecule is C=C/C(=C\C=C/C)CC(C)OC.CC(=O)c1cc(C(C)(C)c2ccc(O)cc2)ccc1O. The Bertz CT molecular complexity index is 950. The van der Waals surface area contributed by atoms with Crippen LogP contribution < -0.4 is 0 Å². The molecule has 0 saturated heterocycles. The van der Waals surface area contributed by atoms with Crippen molar-refractivity contribution in [1.29, 1.82) is 0 Å². The smallest absolute Gasteiger partial charge is 0.163 e. The van der Waals surface area contributed by atoms with Gasteiger partial charge in [0.1, 0.15) is 11.5 Å². The van der Waals surface area contributed by atoms with Gasteiger partial charge in [-0.25, -0.2) is 0 Å². The molecule has 0 bridgehead atoms. The van der Waals surface area contributed by atoms with Gasteiger partial charge < -0.3 is 14.9 Å². The lowest BCUT2D eigenvalue weighted by Gasteiger charge is -2.26. The van der Waals surface area contributed by atoms with E-state index in [4.69, 9.17) is 4.74 Å². The molecular formula is C28H36O4. The Hall–Kier alpha value is -3.11. The Morgan fingerprint density at radius 3 is 2.22 bits per heavy atom. The first-order chi connectivity index (χ1) is 15.1. The maximum atomic E-state index is 11.5. The molecule has 32 heavy (non-hydrogen) atoms. The van der Waals surface area contributed by atoms with Gasteiger partial charge in [-0.15, -0.1) is 0 Å². The van der Waals surface area contributed by atoms with Crippen molar-refractivity contribution in [3.63, 3.8) is 0 Å². The molecule has 4 nitrogen and oxygen atoms in total. The van der Waals surface area contributed by atoms with Crippen LogP contribution in [0.2, 0.25) is 0 Å². The van der Waals surface area contributed by atoms with Gasteiger partial charge in [0.25, 0.3) is 0 Å². The first-order valence-electron chi connectivity index (χ1n) is 10.7. The number of methoxy groups -OCH3 is 1. The van der Waals surface area contributed by atoms with Gasteiger partial charge in [0.2, 0.25) is 0 Å². The standard InChI is InChI=1S/C17H18O3.C11H18O/c1-11(18)15-10-13(6-9-16(15)20)17(2,3)12-4-7-14(19)8-5-12;1-5-7-8-11(6-2)9-10(3)12-4/h4-10,19-20H,1-3H3;5-8,10H,2,9H2,1,3-4H3/b;7-5-,11-8+. The second-order valence-corrected chi connectivity index (χ2v) is 8.18. The normalized spacial score (nSPS) is 12.8. The molecule has 0 aromatic heterocycles. The van der Waals surface area contributed by atoms with E-state index in [0.717, 1.165) is 17.5 Å². The third kappa shape index (κ3) is 7.86. The van der Waals surface area contributed by atoms with Gasteiger partial charge in [-0.05, 0) is 68.2 Å². The number of hydrogen-bond acceptors (Lipinski definition) is 4. The number of carbonyl (C=O) groups excluding carboxylic acids is 1. The summed E-state index contributed by atoms with van der Waals surface area (Å²) in [7, 11) is 1.72. The summed E-state index contributed by atoms with van der Waals surface area (Å²) in [5.41, 5.74) is 3.17. The van der Waals surface area contributed by atoms with Crippen molar-refractivity contribution in [2.24, 2.45) is 0 Å². The number of Topliss-reactive ketones (excluding diaryl/α,β-unsaturated/α-hetero) is 1. The minimum Gasteiger partial charge on any atom is -0.508 e. The van der Waals surface area contributed by atoms with E-state index in [-0.39, 0.29) is 28.8 Å². The zero-order chi connectivity index (χ0) is 24.3. The molecule has 1 unspecified atom stereocenters. The monoisotopic (exact) mass is 436 g/mol. The van der Waals surface area contributed by atoms with E-state index in [0.29, 0.717) is 5.56 Å². The van der Waals surface area contributed by atoms with Gasteiger partial charge >= 0.3 is 0 Å². The van der Waals surface area contributed by atoms with E-state index in [1.165, 1.54) is 12.5 Å². The van der Waals surface area contributed by atoms with Gasteiger partial charge in [0.15, 0.2) is 5.78 Å². The Labute approximate surface area is 192 Å². The molecule has 172 valence electrons. The van der Waals surface area contributed by atoms with Gasteiger partial charge in [-0.3, -0.25) is 4.79 Å². The van der Waals surface area contributed by atoms with E-state index < -0.39 is 0 Å². The molecule has 0 amide bonds. The summed E-state index contributed by atoms with van der Waals surface area (Å²) >= 11 is 0. The van der Waals surface area contributed by atoms with E-state index in [9.17, 15) is 15.0 Å². The summed E-state index contributed by atoms with van der Waals surface area (Å²) in [6.07, 6.45) is 9.13. The third-order valence-corrected chi connectivity index (χ3v) is 5.38. The fraction of sp³-hybridized carbons (Fsp3) is 0.321. The minimum atomic E-state index is -0.328. The van der Waals surface area contributed by atoms with Crippen LogP contribution in [-0.4, -0.2) is 29.2 Å². The summed E-state index contributed by atoms with van der Waals surface area (Å²) in [5.74, 6) is 0.0632. The van der Waals surface area contributed by atoms with Crippen LogP contribution in [0.5, 0.6) is 11.5 Å². The highest BCUT2D eigenvalue weighted by Crippen LogP contribution is 2.34. The molecule has 1 atom stereocenters. The third-order valence-electron chi connectivity index (χ3n) is 5.38. The van der Waals surface area contributed by atoms with Gasteiger partial charge in [0, 0.05) is 12.5 Å². The van der Waals surface area contributed by atoms with Crippen molar-refractivity contribution >= 4 is 5.78 Å². The molecule has 2 aromatic rings. The molecule has 0 fully saturated rings. The van der Waals surface area contributed by atoms with Crippen LogP contribution in [0.4, 0.5) is 0 Å². The maximum Gasteiger partial charge on any atom is 0.163 e. The van der Waals surface area contributed by atoms with Crippen LogP contribution in [0.1, 0.15) is 62.5 Å². The summed E-state index contributed by atoms with van der Waals surface area (Å²) < 4.78 is 5.15. The Balaban J connectivity index is 0.000000368. The first-order valence-corrected chi connectivity index (χ1v) is 10.7. The molecule has 0 heterocycles. The lowest BCUT2D eigenvalue weighted by molar-refractivity contribution is 0.101. The highest BCUT2D eigenvalue weighted by atomic mass is 16.5. The number of benzene rings is 2. The molecule has 4 heteroatoms. The fourth-order valence-electron chi connectivity index (χ4n) is 3.11. The zero-order valence-electron chi connectivity index (χ0n) is 20.1. The molecule has 0 aliphatic rings. The summed E-state index contributed by atoms with van der Waals surface area (Å²) in [6.45, 7) is 13.3. The lowest BCUT2D eigenvalue weighted by Crippen LogP contribution is -2.19. The molecule has 0 spiro atoms. The second-order valence-electron chi connectivity index (χ2n) is 8.18. The van der Waals surface area contributed by atoms with Crippen molar-refractivity contribution in [1.82, 2.24) is 0 Å². The summed E-state index contributed by atoms with van der Waals surface area (Å²) in [4.78, 5) is 11.5. The zero-order valence-corrected chi connectivity index (χ0v) is 20.1. The minimum absolute atomic E-state index is 0.00255. The Morgan fingerprint density at radius 1 is 1.12 bits per heavy atom. The van der Waals surface area contributed by atoms with Gasteiger partial charge in [-0.2, -0.15) is 0 Å². The van der Waals surface area contributed by atoms with Crippen LogP contribution >= 0.6 is 0 Å². The van der Waals surface area contributed by atoms with Crippen LogP contribution in [0.3, 0.4) is 0 Å². The molecule has 0 radical (unpaired) electrons. The second kappa shape index (κ2) is 12.7. The molecule has 0 saturated carbocycles. The number of rotatable bonds is 8. The molecule has 0 aliphatic carbocycles. The summed E-state index contributed by atoms with van der Waals surface area (Å²) in [6, 6.07) is 12.1. The first kappa shape index (κ1) is 26.9. The Morgan fingerprint density at radius 2 is 1.72 bits per heavy atom. The number of hydrogen-bond donors (Lipinski definition) is 2. The van der Waals surface area contributed by atoms with Crippen molar-refractivity contribution in [2.45, 2.75) is 52.6 Å². The Kier molecular flexibility index (Phi) is 10.7. The number of ketones is 1. The van der Waals surface area contributed by atoms with Gasteiger partial charge in [0.05, 0.1) is 11.7 Å². The van der Waals surface area contributed by atoms with Crippen molar-refractivity contribution in [2.75, 3.05) is 7.11 Å². The van der Waals surface area contributed by atoms with Crippen LogP contribution in [0, 0.1) is 0 Å². The average molecular weight is 437 g/mol. The van der Waals surface area contributed by atoms with Crippen molar-refractivity contribution < 1.29 is 19.7 Å². The maximum absolute atomic E-state index is 11.5. The lowest BCUT2D eigenvalue weighted by atomic mass is 9.77. The molecular weight excluding hydrogens is 400 g/mol. The van der Waals surface area contributed by atoms with E-state index in [1.54, 1.807) is 31.4 Å². The number of aromatic hydroxyl groups is 2.